The van der Waals surface area contributed by atoms with Crippen LogP contribution in [-0.2, 0) is 4.79 Å². The largest absolute Gasteiger partial charge is 0.497 e. The molecule has 4 rings (SSSR count). The van der Waals surface area contributed by atoms with Gasteiger partial charge in [-0.05, 0) is 48.5 Å². The van der Waals surface area contributed by atoms with Gasteiger partial charge in [-0.3, -0.25) is 9.59 Å². The van der Waals surface area contributed by atoms with Crippen molar-refractivity contribution >= 4 is 41.2 Å². The number of benzene rings is 3. The van der Waals surface area contributed by atoms with E-state index in [0.717, 1.165) is 11.1 Å². The lowest BCUT2D eigenvalue weighted by Crippen LogP contribution is -2.42. The van der Waals surface area contributed by atoms with E-state index < -0.39 is 12.1 Å². The summed E-state index contributed by atoms with van der Waals surface area (Å²) in [7, 11) is 1.55. The monoisotopic (exact) mass is 468 g/mol. The molecule has 2 atom stereocenters. The first-order valence-electron chi connectivity index (χ1n) is 9.85. The van der Waals surface area contributed by atoms with Crippen molar-refractivity contribution in [2.24, 2.45) is 0 Å². The van der Waals surface area contributed by atoms with Gasteiger partial charge >= 0.3 is 5.91 Å². The molecule has 1 saturated heterocycles. The van der Waals surface area contributed by atoms with Gasteiger partial charge in [-0.25, -0.2) is 0 Å². The smallest absolute Gasteiger partial charge is 0.304 e. The molecule has 1 aliphatic rings. The predicted octanol–water partition coefficient (Wildman–Crippen LogP) is 4.02. The third kappa shape index (κ3) is 4.61. The van der Waals surface area contributed by atoms with Crippen molar-refractivity contribution in [1.29, 1.82) is 0 Å². The SMILES string of the molecule is COc1ccc(C(=O)N[C@@H]2C(=O)N/[N+](=C\c3ccccc3Cl)[C@@H]2c2ccc(Cl)cc2)cc1. The van der Waals surface area contributed by atoms with Crippen LogP contribution in [0.15, 0.2) is 72.8 Å². The third-order valence-electron chi connectivity index (χ3n) is 5.17. The lowest BCUT2D eigenvalue weighted by atomic mass is 9.99. The summed E-state index contributed by atoms with van der Waals surface area (Å²) in [6, 6.07) is 19.8. The van der Waals surface area contributed by atoms with Crippen LogP contribution in [0.2, 0.25) is 10.0 Å². The fourth-order valence-electron chi connectivity index (χ4n) is 3.54. The van der Waals surface area contributed by atoms with Crippen LogP contribution in [0.25, 0.3) is 0 Å². The van der Waals surface area contributed by atoms with E-state index in [1.165, 1.54) is 0 Å². The number of nitrogens with one attached hydrogen (secondary N) is 2. The molecule has 1 fully saturated rings. The zero-order valence-corrected chi connectivity index (χ0v) is 18.6. The number of hydrogen-bond acceptors (Lipinski definition) is 3. The van der Waals surface area contributed by atoms with E-state index >= 15 is 0 Å². The number of halogens is 2. The number of hydrazine groups is 1. The van der Waals surface area contributed by atoms with E-state index in [2.05, 4.69) is 10.7 Å². The van der Waals surface area contributed by atoms with Crippen LogP contribution >= 0.6 is 23.2 Å². The summed E-state index contributed by atoms with van der Waals surface area (Å²) in [5.74, 6) is -0.0683. The number of nitrogens with zero attached hydrogens (tertiary/aromatic N) is 1. The maximum atomic E-state index is 12.9. The number of hydrazone groups is 1. The van der Waals surface area contributed by atoms with Crippen LogP contribution in [0.1, 0.15) is 27.5 Å². The summed E-state index contributed by atoms with van der Waals surface area (Å²) in [6.45, 7) is 0. The van der Waals surface area contributed by atoms with Gasteiger partial charge in [0.25, 0.3) is 5.91 Å². The molecular formula is C24H20Cl2N3O3+. The van der Waals surface area contributed by atoms with Crippen molar-refractivity contribution in [3.8, 4) is 5.75 Å². The van der Waals surface area contributed by atoms with Crippen molar-refractivity contribution in [2.45, 2.75) is 12.1 Å². The highest BCUT2D eigenvalue weighted by atomic mass is 35.5. The number of amides is 2. The number of methoxy groups -OCH3 is 1. The van der Waals surface area contributed by atoms with E-state index in [4.69, 9.17) is 27.9 Å². The summed E-state index contributed by atoms with van der Waals surface area (Å²) in [5.41, 5.74) is 4.78. The number of carbonyl (C=O) groups is 2. The Bertz CT molecular complexity index is 1180. The van der Waals surface area contributed by atoms with Crippen LogP contribution in [0.3, 0.4) is 0 Å². The zero-order chi connectivity index (χ0) is 22.7. The number of ether oxygens (including phenoxy) is 1. The molecule has 1 heterocycles. The van der Waals surface area contributed by atoms with E-state index in [-0.39, 0.29) is 11.8 Å². The van der Waals surface area contributed by atoms with Gasteiger partial charge in [0, 0.05) is 16.1 Å². The second-order valence-corrected chi connectivity index (χ2v) is 8.05. The minimum Gasteiger partial charge on any atom is -0.497 e. The first-order valence-corrected chi connectivity index (χ1v) is 10.6. The molecule has 0 bridgehead atoms. The Morgan fingerprint density at radius 2 is 1.72 bits per heavy atom. The molecule has 3 aromatic carbocycles. The number of carbonyl (C=O) groups excluding carboxylic acids is 2. The molecule has 0 saturated carbocycles. The molecule has 6 nitrogen and oxygen atoms in total. The Balaban J connectivity index is 1.69. The topological polar surface area (TPSA) is 70.4 Å². The maximum Gasteiger partial charge on any atom is 0.304 e. The minimum absolute atomic E-state index is 0.338. The van der Waals surface area contributed by atoms with E-state index in [1.54, 1.807) is 60.5 Å². The van der Waals surface area contributed by atoms with Crippen LogP contribution < -0.4 is 15.5 Å². The van der Waals surface area contributed by atoms with E-state index in [1.807, 2.05) is 30.3 Å². The van der Waals surface area contributed by atoms with Gasteiger partial charge in [0.1, 0.15) is 5.75 Å². The summed E-state index contributed by atoms with van der Waals surface area (Å²) in [4.78, 5) is 25.8. The Morgan fingerprint density at radius 1 is 1.03 bits per heavy atom. The van der Waals surface area contributed by atoms with Crippen LogP contribution in [-0.4, -0.2) is 35.9 Å². The zero-order valence-electron chi connectivity index (χ0n) is 17.1. The quantitative estimate of drug-likeness (QED) is 0.555. The van der Waals surface area contributed by atoms with Crippen molar-refractivity contribution in [1.82, 2.24) is 10.7 Å². The molecule has 8 heteroatoms. The fourth-order valence-corrected chi connectivity index (χ4v) is 3.85. The fraction of sp³-hybridized carbons (Fsp3) is 0.125. The molecular weight excluding hydrogens is 449 g/mol. The molecule has 32 heavy (non-hydrogen) atoms. The normalized spacial score (nSPS) is 19.0. The molecule has 0 unspecified atom stereocenters. The molecule has 162 valence electrons. The van der Waals surface area contributed by atoms with Crippen LogP contribution in [0, 0.1) is 0 Å². The Hall–Kier alpha value is -3.35. The van der Waals surface area contributed by atoms with E-state index in [0.29, 0.717) is 21.4 Å². The van der Waals surface area contributed by atoms with Gasteiger partial charge < -0.3 is 10.1 Å². The Morgan fingerprint density at radius 3 is 2.38 bits per heavy atom. The molecule has 2 amide bonds. The third-order valence-corrected chi connectivity index (χ3v) is 5.77. The van der Waals surface area contributed by atoms with Crippen LogP contribution in [0.5, 0.6) is 5.75 Å². The first-order chi connectivity index (χ1) is 15.5. The Labute approximate surface area is 195 Å². The molecule has 0 aromatic heterocycles. The van der Waals surface area contributed by atoms with Crippen molar-refractivity contribution in [3.05, 3.63) is 99.5 Å². The summed E-state index contributed by atoms with van der Waals surface area (Å²) < 4.78 is 6.79. The van der Waals surface area contributed by atoms with Gasteiger partial charge in [0.15, 0.2) is 6.04 Å². The molecule has 1 aliphatic heterocycles. The predicted molar refractivity (Wildman–Crippen MR) is 123 cm³/mol. The van der Waals surface area contributed by atoms with Gasteiger partial charge in [-0.1, -0.05) is 47.5 Å². The minimum atomic E-state index is -0.843. The first kappa shape index (κ1) is 21.9. The van der Waals surface area contributed by atoms with Gasteiger partial charge in [-0.2, -0.15) is 0 Å². The average Bonchev–Trinajstić information content (AvgIpc) is 3.10. The lowest BCUT2D eigenvalue weighted by Gasteiger charge is -2.15. The van der Waals surface area contributed by atoms with Gasteiger partial charge in [0.05, 0.1) is 17.7 Å². The van der Waals surface area contributed by atoms with E-state index in [9.17, 15) is 9.59 Å². The number of rotatable bonds is 5. The highest BCUT2D eigenvalue weighted by Gasteiger charge is 2.47. The summed E-state index contributed by atoms with van der Waals surface area (Å²) >= 11 is 12.4. The highest BCUT2D eigenvalue weighted by Crippen LogP contribution is 2.27. The summed E-state index contributed by atoms with van der Waals surface area (Å²) in [5, 5.41) is 3.98. The molecule has 3 aromatic rings. The van der Waals surface area contributed by atoms with Crippen molar-refractivity contribution in [3.63, 3.8) is 0 Å². The summed E-state index contributed by atoms with van der Waals surface area (Å²) in [6.07, 6.45) is 1.75. The second kappa shape index (κ2) is 9.42. The highest BCUT2D eigenvalue weighted by molar-refractivity contribution is 6.33. The average molecular weight is 469 g/mol. The lowest BCUT2D eigenvalue weighted by molar-refractivity contribution is -0.596. The van der Waals surface area contributed by atoms with Crippen molar-refractivity contribution in [2.75, 3.05) is 7.11 Å². The van der Waals surface area contributed by atoms with Crippen molar-refractivity contribution < 1.29 is 19.0 Å². The molecule has 0 aliphatic carbocycles. The molecule has 0 spiro atoms. The molecule has 2 N–H and O–H groups in total. The van der Waals surface area contributed by atoms with Crippen LogP contribution in [0.4, 0.5) is 0 Å². The number of hydrogen-bond donors (Lipinski definition) is 2. The molecule has 0 radical (unpaired) electrons. The van der Waals surface area contributed by atoms with Gasteiger partial charge in [-0.15, -0.1) is 10.1 Å². The Kier molecular flexibility index (Phi) is 6.44. The van der Waals surface area contributed by atoms with Gasteiger partial charge in [0.2, 0.25) is 12.3 Å². The standard InChI is InChI=1S/C24H19Cl2N3O3/c1-32-19-12-8-16(9-13-19)23(30)27-21-22(15-6-10-18(25)11-7-15)29(28-24(21)31)14-17-4-2-3-5-20(17)26/h2-14,21-22H,1H3,(H-,27,28,30,31)/p+1/b29-14-/t21-,22+/m0/s1. The maximum absolute atomic E-state index is 12.9. The second-order valence-electron chi connectivity index (χ2n) is 7.21.